The van der Waals surface area contributed by atoms with Crippen LogP contribution in [-0.4, -0.2) is 36.3 Å². The molecule has 0 aliphatic heterocycles. The molecule has 5 heteroatoms. The second kappa shape index (κ2) is 9.26. The fraction of sp³-hybridized carbons (Fsp3) is 0.333. The van der Waals surface area contributed by atoms with E-state index in [0.29, 0.717) is 36.3 Å². The summed E-state index contributed by atoms with van der Waals surface area (Å²) >= 11 is 12.2. The molecule has 0 fully saturated rings. The molecule has 0 radical (unpaired) electrons. The highest BCUT2D eigenvalue weighted by Crippen LogP contribution is 2.26. The fourth-order valence-electron chi connectivity index (χ4n) is 2.33. The van der Waals surface area contributed by atoms with Gasteiger partial charge in [-0.1, -0.05) is 65.7 Å². The molecule has 0 bridgehead atoms. The van der Waals surface area contributed by atoms with Gasteiger partial charge in [0.05, 0.1) is 29.4 Å². The number of ether oxygens (including phenoxy) is 1. The molecule has 2 aromatic rings. The molecule has 0 saturated carbocycles. The summed E-state index contributed by atoms with van der Waals surface area (Å²) in [7, 11) is 1.93. The summed E-state index contributed by atoms with van der Waals surface area (Å²) in [5, 5.41) is 11.2. The van der Waals surface area contributed by atoms with Crippen LogP contribution in [0, 0.1) is 0 Å². The largest absolute Gasteiger partial charge is 0.389 e. The number of likely N-dealkylation sites (N-methyl/N-ethyl adjacent to an activating group) is 1. The molecule has 1 atom stereocenters. The van der Waals surface area contributed by atoms with Crippen molar-refractivity contribution in [3.63, 3.8) is 0 Å². The Bertz CT molecular complexity index is 607. The maximum atomic E-state index is 10.1. The third-order valence-electron chi connectivity index (χ3n) is 3.42. The Morgan fingerprint density at radius 2 is 1.83 bits per heavy atom. The number of nitrogens with zero attached hydrogens (tertiary/aromatic N) is 1. The monoisotopic (exact) mass is 353 g/mol. The zero-order valence-electron chi connectivity index (χ0n) is 13.1. The van der Waals surface area contributed by atoms with Crippen molar-refractivity contribution < 1.29 is 9.84 Å². The van der Waals surface area contributed by atoms with Crippen molar-refractivity contribution in [2.24, 2.45) is 0 Å². The Balaban J connectivity index is 1.74. The summed E-state index contributed by atoms with van der Waals surface area (Å²) in [5.74, 6) is 0. The first-order valence-electron chi connectivity index (χ1n) is 7.47. The Kier molecular flexibility index (Phi) is 7.34. The van der Waals surface area contributed by atoms with E-state index in [0.717, 1.165) is 11.1 Å². The second-order valence-corrected chi connectivity index (χ2v) is 6.35. The molecule has 1 N–H and O–H groups in total. The molecule has 3 nitrogen and oxygen atoms in total. The van der Waals surface area contributed by atoms with Gasteiger partial charge < -0.3 is 9.84 Å². The molecule has 23 heavy (non-hydrogen) atoms. The van der Waals surface area contributed by atoms with Gasteiger partial charge in [-0.25, -0.2) is 0 Å². The Morgan fingerprint density at radius 1 is 1.09 bits per heavy atom. The lowest BCUT2D eigenvalue weighted by molar-refractivity contribution is 0.0127. The molecular formula is C18H21Cl2NO2. The minimum Gasteiger partial charge on any atom is -0.389 e. The van der Waals surface area contributed by atoms with E-state index in [4.69, 9.17) is 27.9 Å². The van der Waals surface area contributed by atoms with Crippen LogP contribution >= 0.6 is 23.2 Å². The van der Waals surface area contributed by atoms with Crippen molar-refractivity contribution in [3.8, 4) is 0 Å². The van der Waals surface area contributed by atoms with E-state index in [-0.39, 0.29) is 0 Å². The molecule has 0 amide bonds. The van der Waals surface area contributed by atoms with E-state index >= 15 is 0 Å². The molecule has 0 heterocycles. The number of halogens is 2. The zero-order chi connectivity index (χ0) is 16.7. The summed E-state index contributed by atoms with van der Waals surface area (Å²) in [6, 6.07) is 15.5. The normalized spacial score (nSPS) is 12.6. The standard InChI is InChI=1S/C18H21Cl2NO2/c1-21(10-15-8-5-9-17(19)18(15)20)11-16(22)13-23-12-14-6-3-2-4-7-14/h2-9,16,22H,10-13H2,1H3/t16-/m1/s1. The van der Waals surface area contributed by atoms with E-state index in [2.05, 4.69) is 0 Å². The van der Waals surface area contributed by atoms with Gasteiger partial charge in [0.2, 0.25) is 0 Å². The summed E-state index contributed by atoms with van der Waals surface area (Å²) < 4.78 is 5.55. The van der Waals surface area contributed by atoms with E-state index in [1.807, 2.05) is 54.4 Å². The molecular weight excluding hydrogens is 333 g/mol. The van der Waals surface area contributed by atoms with E-state index in [1.165, 1.54) is 0 Å². The predicted octanol–water partition coefficient (Wildman–Crippen LogP) is 4.00. The Labute approximate surface area is 147 Å². The number of benzene rings is 2. The van der Waals surface area contributed by atoms with Gasteiger partial charge >= 0.3 is 0 Å². The van der Waals surface area contributed by atoms with Gasteiger partial charge in [-0.2, -0.15) is 0 Å². The average Bonchev–Trinajstić information content (AvgIpc) is 2.53. The molecule has 0 aliphatic carbocycles. The molecule has 2 rings (SSSR count). The first kappa shape index (κ1) is 18.2. The van der Waals surface area contributed by atoms with Crippen LogP contribution in [0.2, 0.25) is 10.0 Å². The summed E-state index contributed by atoms with van der Waals surface area (Å²) in [6.45, 7) is 1.91. The predicted molar refractivity (Wildman–Crippen MR) is 94.9 cm³/mol. The van der Waals surface area contributed by atoms with Crippen molar-refractivity contribution in [1.29, 1.82) is 0 Å². The van der Waals surface area contributed by atoms with Crippen LogP contribution in [-0.2, 0) is 17.9 Å². The maximum Gasteiger partial charge on any atom is 0.0900 e. The van der Waals surface area contributed by atoms with E-state index < -0.39 is 6.10 Å². The Hall–Kier alpha value is -1.10. The highest BCUT2D eigenvalue weighted by Gasteiger charge is 2.11. The summed E-state index contributed by atoms with van der Waals surface area (Å²) in [4.78, 5) is 1.99. The maximum absolute atomic E-state index is 10.1. The molecule has 124 valence electrons. The lowest BCUT2D eigenvalue weighted by Gasteiger charge is -2.21. The van der Waals surface area contributed by atoms with Gasteiger partial charge in [-0.05, 0) is 24.2 Å². The number of aliphatic hydroxyl groups excluding tert-OH is 1. The van der Waals surface area contributed by atoms with Crippen molar-refractivity contribution >= 4 is 23.2 Å². The number of hydrogen-bond acceptors (Lipinski definition) is 3. The van der Waals surface area contributed by atoms with Crippen molar-refractivity contribution in [1.82, 2.24) is 4.90 Å². The summed E-state index contributed by atoms with van der Waals surface area (Å²) in [5.41, 5.74) is 2.04. The van der Waals surface area contributed by atoms with Crippen LogP contribution in [0.15, 0.2) is 48.5 Å². The lowest BCUT2D eigenvalue weighted by Crippen LogP contribution is -2.32. The van der Waals surface area contributed by atoms with Crippen LogP contribution in [0.1, 0.15) is 11.1 Å². The molecule has 0 aromatic heterocycles. The molecule has 0 saturated heterocycles. The quantitative estimate of drug-likeness (QED) is 0.778. The van der Waals surface area contributed by atoms with Gasteiger partial charge in [0.1, 0.15) is 0 Å². The fourth-order valence-corrected chi connectivity index (χ4v) is 2.71. The van der Waals surface area contributed by atoms with Gasteiger partial charge in [-0.15, -0.1) is 0 Å². The lowest BCUT2D eigenvalue weighted by atomic mass is 10.2. The van der Waals surface area contributed by atoms with Gasteiger partial charge in [0, 0.05) is 13.1 Å². The molecule has 0 spiro atoms. The third-order valence-corrected chi connectivity index (χ3v) is 4.27. The van der Waals surface area contributed by atoms with Crippen molar-refractivity contribution in [3.05, 3.63) is 69.7 Å². The SMILES string of the molecule is CN(Cc1cccc(Cl)c1Cl)C[C@@H](O)COCc1ccccc1. The minimum atomic E-state index is -0.554. The summed E-state index contributed by atoms with van der Waals surface area (Å²) in [6.07, 6.45) is -0.554. The van der Waals surface area contributed by atoms with Crippen LogP contribution < -0.4 is 0 Å². The highest BCUT2D eigenvalue weighted by atomic mass is 35.5. The van der Waals surface area contributed by atoms with Gasteiger partial charge in [0.25, 0.3) is 0 Å². The van der Waals surface area contributed by atoms with E-state index in [1.54, 1.807) is 6.07 Å². The number of rotatable bonds is 8. The van der Waals surface area contributed by atoms with Crippen LogP contribution in [0.3, 0.4) is 0 Å². The van der Waals surface area contributed by atoms with Crippen molar-refractivity contribution in [2.75, 3.05) is 20.2 Å². The average molecular weight is 354 g/mol. The van der Waals surface area contributed by atoms with Crippen LogP contribution in [0.25, 0.3) is 0 Å². The second-order valence-electron chi connectivity index (χ2n) is 5.56. The molecule has 0 unspecified atom stereocenters. The number of hydrogen-bond donors (Lipinski definition) is 1. The highest BCUT2D eigenvalue weighted by molar-refractivity contribution is 6.42. The first-order valence-corrected chi connectivity index (χ1v) is 8.23. The Morgan fingerprint density at radius 3 is 2.57 bits per heavy atom. The first-order chi connectivity index (χ1) is 11.1. The van der Waals surface area contributed by atoms with Crippen LogP contribution in [0.5, 0.6) is 0 Å². The van der Waals surface area contributed by atoms with Gasteiger partial charge in [0.15, 0.2) is 0 Å². The van der Waals surface area contributed by atoms with E-state index in [9.17, 15) is 5.11 Å². The molecule has 2 aromatic carbocycles. The zero-order valence-corrected chi connectivity index (χ0v) is 14.6. The smallest absolute Gasteiger partial charge is 0.0900 e. The topological polar surface area (TPSA) is 32.7 Å². The van der Waals surface area contributed by atoms with Crippen LogP contribution in [0.4, 0.5) is 0 Å². The van der Waals surface area contributed by atoms with Crippen molar-refractivity contribution in [2.45, 2.75) is 19.3 Å². The van der Waals surface area contributed by atoms with Gasteiger partial charge in [-0.3, -0.25) is 4.90 Å². The number of aliphatic hydroxyl groups is 1. The third kappa shape index (κ3) is 6.13. The minimum absolute atomic E-state index is 0.294. The molecule has 0 aliphatic rings.